The number of fused-ring (bicyclic) bond motifs is 1. The second-order valence-corrected chi connectivity index (χ2v) is 6.00. The number of H-pyrrole nitrogens is 1. The molecule has 26 heavy (non-hydrogen) atoms. The number of carbonyl (C=O) groups excluding carboxylic acids is 1. The fourth-order valence-electron chi connectivity index (χ4n) is 2.86. The van der Waals surface area contributed by atoms with E-state index in [4.69, 9.17) is 0 Å². The molecule has 3 heterocycles. The summed E-state index contributed by atoms with van der Waals surface area (Å²) in [6.07, 6.45) is 7.92. The van der Waals surface area contributed by atoms with Crippen molar-refractivity contribution in [2.24, 2.45) is 0 Å². The molecule has 0 aliphatic rings. The topological polar surface area (TPSA) is 88.5 Å². The van der Waals surface area contributed by atoms with Gasteiger partial charge in [0.2, 0.25) is 5.91 Å². The highest BCUT2D eigenvalue weighted by atomic mass is 16.1. The highest BCUT2D eigenvalue weighted by Crippen LogP contribution is 2.18. The van der Waals surface area contributed by atoms with Gasteiger partial charge in [0.05, 0.1) is 0 Å². The summed E-state index contributed by atoms with van der Waals surface area (Å²) in [5.74, 6) is 0.715. The molecule has 1 amide bonds. The quantitative estimate of drug-likeness (QED) is 0.561. The van der Waals surface area contributed by atoms with Gasteiger partial charge in [0.25, 0.3) is 0 Å². The summed E-state index contributed by atoms with van der Waals surface area (Å²) >= 11 is 0. The van der Waals surface area contributed by atoms with Gasteiger partial charge in [-0.2, -0.15) is 5.10 Å². The van der Waals surface area contributed by atoms with Crippen LogP contribution >= 0.6 is 0 Å². The van der Waals surface area contributed by atoms with Crippen molar-refractivity contribution >= 4 is 16.8 Å². The molecule has 0 aliphatic carbocycles. The number of nitrogens with zero attached hydrogens (tertiary/aromatic N) is 4. The van der Waals surface area contributed by atoms with Crippen molar-refractivity contribution in [3.05, 3.63) is 72.6 Å². The third kappa shape index (κ3) is 3.46. The molecule has 0 bridgehead atoms. The van der Waals surface area contributed by atoms with E-state index in [1.54, 1.807) is 17.2 Å². The van der Waals surface area contributed by atoms with Crippen LogP contribution in [0, 0.1) is 0 Å². The van der Waals surface area contributed by atoms with Crippen molar-refractivity contribution < 1.29 is 4.79 Å². The second kappa shape index (κ2) is 7.18. The third-order valence-electron chi connectivity index (χ3n) is 4.25. The minimum Gasteiger partial charge on any atom is -0.361 e. The Bertz CT molecular complexity index is 1000. The predicted octanol–water partition coefficient (Wildman–Crippen LogP) is 2.39. The number of para-hydroxylation sites is 1. The molecule has 130 valence electrons. The predicted molar refractivity (Wildman–Crippen MR) is 97.6 cm³/mol. The van der Waals surface area contributed by atoms with E-state index >= 15 is 0 Å². The van der Waals surface area contributed by atoms with Crippen LogP contribution in [0.4, 0.5) is 0 Å². The summed E-state index contributed by atoms with van der Waals surface area (Å²) in [5, 5.41) is 8.15. The molecule has 0 saturated carbocycles. The van der Waals surface area contributed by atoms with Crippen LogP contribution in [-0.2, 0) is 17.8 Å². The van der Waals surface area contributed by atoms with Crippen LogP contribution in [0.1, 0.15) is 17.5 Å². The van der Waals surface area contributed by atoms with Crippen LogP contribution in [0.15, 0.2) is 61.4 Å². The first-order chi connectivity index (χ1) is 12.8. The molecule has 7 heteroatoms. The average molecular weight is 346 g/mol. The lowest BCUT2D eigenvalue weighted by Crippen LogP contribution is -2.23. The highest BCUT2D eigenvalue weighted by Gasteiger charge is 2.07. The van der Waals surface area contributed by atoms with Gasteiger partial charge in [-0.15, -0.1) is 0 Å². The van der Waals surface area contributed by atoms with Crippen LogP contribution in [0.3, 0.4) is 0 Å². The monoisotopic (exact) mass is 346 g/mol. The number of aromatic nitrogens is 5. The number of aryl methyl sites for hydroxylation is 1. The molecule has 7 nitrogen and oxygen atoms in total. The van der Waals surface area contributed by atoms with Crippen LogP contribution < -0.4 is 5.32 Å². The number of hydrogen-bond donors (Lipinski definition) is 2. The van der Waals surface area contributed by atoms with Crippen molar-refractivity contribution in [3.63, 3.8) is 0 Å². The van der Waals surface area contributed by atoms with Gasteiger partial charge in [0, 0.05) is 36.3 Å². The van der Waals surface area contributed by atoms with E-state index in [2.05, 4.69) is 31.4 Å². The van der Waals surface area contributed by atoms with Gasteiger partial charge in [0.15, 0.2) is 5.82 Å². The summed E-state index contributed by atoms with van der Waals surface area (Å²) in [5.41, 5.74) is 3.20. The van der Waals surface area contributed by atoms with Gasteiger partial charge in [-0.05, 0) is 29.7 Å². The molecule has 1 aromatic carbocycles. The number of rotatable bonds is 6. The summed E-state index contributed by atoms with van der Waals surface area (Å²) < 4.78 is 1.59. The number of pyridine rings is 1. The lowest BCUT2D eigenvalue weighted by molar-refractivity contribution is -0.121. The maximum atomic E-state index is 12.1. The summed E-state index contributed by atoms with van der Waals surface area (Å²) in [7, 11) is 0. The largest absolute Gasteiger partial charge is 0.361 e. The number of nitrogens with one attached hydrogen (secondary N) is 2. The number of amides is 1. The number of benzene rings is 1. The second-order valence-electron chi connectivity index (χ2n) is 6.00. The van der Waals surface area contributed by atoms with E-state index in [1.807, 2.05) is 36.5 Å². The summed E-state index contributed by atoms with van der Waals surface area (Å²) in [4.78, 5) is 23.6. The molecule has 3 aromatic heterocycles. The van der Waals surface area contributed by atoms with E-state index in [9.17, 15) is 4.79 Å². The summed E-state index contributed by atoms with van der Waals surface area (Å²) in [6.45, 7) is 0.456. The molecule has 0 aliphatic heterocycles. The average Bonchev–Trinajstić information content (AvgIpc) is 3.35. The molecule has 0 unspecified atom stereocenters. The number of aromatic amines is 1. The van der Waals surface area contributed by atoms with Crippen molar-refractivity contribution in [3.8, 4) is 5.82 Å². The van der Waals surface area contributed by atoms with Crippen molar-refractivity contribution in [2.75, 3.05) is 0 Å². The van der Waals surface area contributed by atoms with Crippen LogP contribution in [0.2, 0.25) is 0 Å². The lowest BCUT2D eigenvalue weighted by Gasteiger charge is -2.06. The smallest absolute Gasteiger partial charge is 0.220 e. The van der Waals surface area contributed by atoms with E-state index < -0.39 is 0 Å². The van der Waals surface area contributed by atoms with Crippen molar-refractivity contribution in [2.45, 2.75) is 19.4 Å². The Morgan fingerprint density at radius 1 is 1.19 bits per heavy atom. The Morgan fingerprint density at radius 3 is 2.92 bits per heavy atom. The van der Waals surface area contributed by atoms with E-state index in [1.165, 1.54) is 11.7 Å². The standard InChI is InChI=1S/C19H18N6O/c26-19(8-6-15-11-21-17-4-2-1-3-16(15)17)23-10-14-5-7-18(22-9-14)25-13-20-12-24-25/h1-5,7,9,11-13,21H,6,8,10H2,(H,23,26). The molecule has 2 N–H and O–H groups in total. The molecule has 0 fully saturated rings. The Labute approximate surface area is 150 Å². The third-order valence-corrected chi connectivity index (χ3v) is 4.25. The maximum absolute atomic E-state index is 12.1. The fraction of sp³-hybridized carbons (Fsp3) is 0.158. The first-order valence-electron chi connectivity index (χ1n) is 8.41. The fourth-order valence-corrected chi connectivity index (χ4v) is 2.86. The molecule has 0 atom stereocenters. The molecule has 0 saturated heterocycles. The van der Waals surface area contributed by atoms with Crippen LogP contribution in [0.25, 0.3) is 16.7 Å². The minimum atomic E-state index is 0.0237. The van der Waals surface area contributed by atoms with Gasteiger partial charge in [-0.25, -0.2) is 14.6 Å². The lowest BCUT2D eigenvalue weighted by atomic mass is 10.1. The Hall–Kier alpha value is -3.48. The first-order valence-corrected chi connectivity index (χ1v) is 8.41. The normalized spacial score (nSPS) is 10.9. The zero-order chi connectivity index (χ0) is 17.8. The molecule has 4 aromatic rings. The van der Waals surface area contributed by atoms with E-state index in [0.717, 1.165) is 16.6 Å². The first kappa shape index (κ1) is 16.0. The van der Waals surface area contributed by atoms with Crippen molar-refractivity contribution in [1.29, 1.82) is 0 Å². The Morgan fingerprint density at radius 2 is 2.12 bits per heavy atom. The van der Waals surface area contributed by atoms with Crippen LogP contribution in [0.5, 0.6) is 0 Å². The van der Waals surface area contributed by atoms with Gasteiger partial charge in [-0.1, -0.05) is 24.3 Å². The molecular formula is C19H18N6O. The zero-order valence-electron chi connectivity index (χ0n) is 14.1. The van der Waals surface area contributed by atoms with Crippen LogP contribution in [-0.4, -0.2) is 30.6 Å². The molecule has 0 radical (unpaired) electrons. The molecular weight excluding hydrogens is 328 g/mol. The molecule has 4 rings (SSSR count). The Balaban J connectivity index is 1.30. The number of hydrogen-bond acceptors (Lipinski definition) is 4. The van der Waals surface area contributed by atoms with Crippen molar-refractivity contribution in [1.82, 2.24) is 30.0 Å². The summed E-state index contributed by atoms with van der Waals surface area (Å²) in [6, 6.07) is 11.9. The SMILES string of the molecule is O=C(CCc1c[nH]c2ccccc12)NCc1ccc(-n2cncn2)nc1. The van der Waals surface area contributed by atoms with E-state index in [0.29, 0.717) is 25.2 Å². The van der Waals surface area contributed by atoms with Gasteiger partial charge < -0.3 is 10.3 Å². The number of carbonyl (C=O) groups is 1. The minimum absolute atomic E-state index is 0.0237. The van der Waals surface area contributed by atoms with Gasteiger partial charge >= 0.3 is 0 Å². The highest BCUT2D eigenvalue weighted by molar-refractivity contribution is 5.84. The molecule has 0 spiro atoms. The maximum Gasteiger partial charge on any atom is 0.220 e. The zero-order valence-corrected chi connectivity index (χ0v) is 14.1. The van der Waals surface area contributed by atoms with Gasteiger partial charge in [-0.3, -0.25) is 4.79 Å². The van der Waals surface area contributed by atoms with E-state index in [-0.39, 0.29) is 5.91 Å². The van der Waals surface area contributed by atoms with Gasteiger partial charge in [0.1, 0.15) is 12.7 Å². The Kier molecular flexibility index (Phi) is 4.42.